The van der Waals surface area contributed by atoms with Crippen molar-refractivity contribution in [1.82, 2.24) is 14.5 Å². The third-order valence-electron chi connectivity index (χ3n) is 12.5. The first-order chi connectivity index (χ1) is 29.2. The molecule has 0 aliphatic rings. The first kappa shape index (κ1) is 32.2. The van der Waals surface area contributed by atoms with E-state index < -0.39 is 0 Å². The number of aromatic nitrogens is 3. The Balaban J connectivity index is 1.01. The Bertz CT molecular complexity index is 3760. The summed E-state index contributed by atoms with van der Waals surface area (Å²) in [5.41, 5.74) is 9.89. The number of imidazole rings is 1. The van der Waals surface area contributed by atoms with Crippen molar-refractivity contribution in [1.29, 1.82) is 0 Å². The fourth-order valence-corrected chi connectivity index (χ4v) is 9.85. The molecule has 3 heteroatoms. The molecule has 2 heterocycles. The molecule has 0 bridgehead atoms. The summed E-state index contributed by atoms with van der Waals surface area (Å²) in [5, 5.41) is 16.3. The second-order valence-corrected chi connectivity index (χ2v) is 15.7. The number of benzene rings is 11. The Morgan fingerprint density at radius 1 is 0.356 bits per heavy atom. The second kappa shape index (κ2) is 12.3. The van der Waals surface area contributed by atoms with Crippen LogP contribution in [0.5, 0.6) is 0 Å². The van der Waals surface area contributed by atoms with Crippen LogP contribution >= 0.6 is 0 Å². The third-order valence-corrected chi connectivity index (χ3v) is 12.5. The van der Waals surface area contributed by atoms with Gasteiger partial charge >= 0.3 is 0 Å². The molecule has 0 N–H and O–H groups in total. The van der Waals surface area contributed by atoms with Crippen molar-refractivity contribution < 1.29 is 0 Å². The highest BCUT2D eigenvalue weighted by Gasteiger charge is 2.19. The fourth-order valence-electron chi connectivity index (χ4n) is 9.85. The molecule has 0 saturated carbocycles. The van der Waals surface area contributed by atoms with Crippen LogP contribution < -0.4 is 0 Å². The quantitative estimate of drug-likeness (QED) is 0.168. The number of nitrogens with zero attached hydrogens (tertiary/aromatic N) is 3. The van der Waals surface area contributed by atoms with Crippen LogP contribution in [0.25, 0.3) is 126 Å². The van der Waals surface area contributed by atoms with Gasteiger partial charge in [0.25, 0.3) is 0 Å². The number of rotatable bonds is 4. The molecular formula is C56H33N3. The summed E-state index contributed by atoms with van der Waals surface area (Å²) in [6.45, 7) is 0. The summed E-state index contributed by atoms with van der Waals surface area (Å²) in [6.07, 6.45) is 2.04. The Morgan fingerprint density at radius 3 is 1.76 bits per heavy atom. The molecule has 0 aliphatic heterocycles. The molecular weight excluding hydrogens is 715 g/mol. The van der Waals surface area contributed by atoms with Gasteiger partial charge in [-0.2, -0.15) is 0 Å². The summed E-state index contributed by atoms with van der Waals surface area (Å²) in [7, 11) is 0. The van der Waals surface area contributed by atoms with E-state index in [-0.39, 0.29) is 0 Å². The number of fused-ring (bicyclic) bond motifs is 9. The normalized spacial score (nSPS) is 12.1. The van der Waals surface area contributed by atoms with Crippen LogP contribution in [0.15, 0.2) is 200 Å². The first-order valence-corrected chi connectivity index (χ1v) is 20.2. The fraction of sp³-hybridized carbons (Fsp3) is 0. The summed E-state index contributed by atoms with van der Waals surface area (Å²) in [4.78, 5) is 10.4. The second-order valence-electron chi connectivity index (χ2n) is 15.7. The largest absolute Gasteiger partial charge is 0.292 e. The van der Waals surface area contributed by atoms with Gasteiger partial charge in [-0.25, -0.2) is 4.98 Å². The molecule has 0 amide bonds. The van der Waals surface area contributed by atoms with Gasteiger partial charge in [-0.3, -0.25) is 9.55 Å². The summed E-state index contributed by atoms with van der Waals surface area (Å²) in [6, 6.07) is 70.6. The van der Waals surface area contributed by atoms with Gasteiger partial charge in [-0.05, 0) is 124 Å². The molecule has 0 spiro atoms. The average molecular weight is 748 g/mol. The molecule has 3 nitrogen and oxygen atoms in total. The smallest absolute Gasteiger partial charge is 0.145 e. The van der Waals surface area contributed by atoms with Crippen LogP contribution in [-0.2, 0) is 0 Å². The Morgan fingerprint density at radius 2 is 0.983 bits per heavy atom. The lowest BCUT2D eigenvalue weighted by Gasteiger charge is -2.18. The van der Waals surface area contributed by atoms with E-state index >= 15 is 0 Å². The van der Waals surface area contributed by atoms with E-state index in [9.17, 15) is 0 Å². The van der Waals surface area contributed by atoms with Gasteiger partial charge in [0.2, 0.25) is 0 Å². The van der Waals surface area contributed by atoms with Crippen LogP contribution in [-0.4, -0.2) is 14.5 Å². The van der Waals surface area contributed by atoms with Gasteiger partial charge in [0.15, 0.2) is 0 Å². The lowest BCUT2D eigenvalue weighted by molar-refractivity contribution is 1.10. The lowest BCUT2D eigenvalue weighted by Crippen LogP contribution is -1.97. The van der Waals surface area contributed by atoms with Crippen LogP contribution in [0.2, 0.25) is 0 Å². The van der Waals surface area contributed by atoms with E-state index in [4.69, 9.17) is 9.97 Å². The van der Waals surface area contributed by atoms with Crippen molar-refractivity contribution in [2.45, 2.75) is 0 Å². The van der Waals surface area contributed by atoms with Crippen molar-refractivity contribution in [2.24, 2.45) is 0 Å². The molecule has 272 valence electrons. The predicted octanol–water partition coefficient (Wildman–Crippen LogP) is 14.9. The van der Waals surface area contributed by atoms with Crippen LogP contribution in [0.3, 0.4) is 0 Å². The average Bonchev–Trinajstić information content (AvgIpc) is 3.70. The Labute approximate surface area is 339 Å². The van der Waals surface area contributed by atoms with Crippen LogP contribution in [0.4, 0.5) is 0 Å². The number of para-hydroxylation sites is 3. The highest BCUT2D eigenvalue weighted by Crippen LogP contribution is 2.45. The zero-order chi connectivity index (χ0) is 38.6. The summed E-state index contributed by atoms with van der Waals surface area (Å²) < 4.78 is 2.25. The minimum atomic E-state index is 0.921. The van der Waals surface area contributed by atoms with E-state index in [2.05, 4.69) is 193 Å². The van der Waals surface area contributed by atoms with Gasteiger partial charge in [0.05, 0.1) is 16.6 Å². The van der Waals surface area contributed by atoms with E-state index in [0.717, 1.165) is 55.5 Å². The van der Waals surface area contributed by atoms with E-state index in [1.807, 2.05) is 12.3 Å². The highest BCUT2D eigenvalue weighted by molar-refractivity contribution is 6.33. The standard InChI is InChI=1S/C56H33N3/c1-2-13-42(14-3-1)59-51-20-9-8-19-50(51)58-56(59)37-25-21-34(22-26-37)41-31-49-54-45-17-6-4-15-43(45)47(32-48(54)44-16-5-7-18-46(44)55(49)57-33-41)40-29-38-27-23-35-11-10-12-36-24-28-39(30-40)53(38)52(35)36/h1-33H. The summed E-state index contributed by atoms with van der Waals surface area (Å²) in [5.74, 6) is 0.921. The van der Waals surface area contributed by atoms with E-state index in [1.54, 1.807) is 0 Å². The molecule has 2 aromatic heterocycles. The maximum absolute atomic E-state index is 5.25. The molecule has 0 fully saturated rings. The topological polar surface area (TPSA) is 30.7 Å². The van der Waals surface area contributed by atoms with Crippen molar-refractivity contribution in [3.05, 3.63) is 200 Å². The molecule has 0 saturated heterocycles. The number of hydrogen-bond donors (Lipinski definition) is 0. The van der Waals surface area contributed by atoms with Crippen LogP contribution in [0, 0.1) is 0 Å². The molecule has 0 aliphatic carbocycles. The molecule has 0 unspecified atom stereocenters. The Hall–Kier alpha value is -7.88. The SMILES string of the molecule is c1ccc(-n2c(-c3ccc(-c4cnc5c6ccccc6c6cc(-c7cc8ccc9cccc%10ccc(c7)c8c9%10)c7ccccc7c6c5c4)cc3)nc3ccccc32)cc1. The highest BCUT2D eigenvalue weighted by atomic mass is 15.1. The monoisotopic (exact) mass is 747 g/mol. The van der Waals surface area contributed by atoms with Gasteiger partial charge in [-0.1, -0.05) is 146 Å². The van der Waals surface area contributed by atoms with E-state index in [1.165, 1.54) is 70.4 Å². The van der Waals surface area contributed by atoms with Crippen molar-refractivity contribution in [3.63, 3.8) is 0 Å². The number of pyridine rings is 1. The van der Waals surface area contributed by atoms with Crippen molar-refractivity contribution in [3.8, 4) is 39.3 Å². The molecule has 0 radical (unpaired) electrons. The van der Waals surface area contributed by atoms with Crippen molar-refractivity contribution in [2.75, 3.05) is 0 Å². The number of hydrogen-bond acceptors (Lipinski definition) is 2. The lowest BCUT2D eigenvalue weighted by atomic mass is 9.86. The zero-order valence-electron chi connectivity index (χ0n) is 31.9. The maximum atomic E-state index is 5.25. The molecule has 13 rings (SSSR count). The van der Waals surface area contributed by atoms with Crippen LogP contribution in [0.1, 0.15) is 0 Å². The van der Waals surface area contributed by atoms with Gasteiger partial charge in [0.1, 0.15) is 5.82 Å². The zero-order valence-corrected chi connectivity index (χ0v) is 31.9. The molecule has 11 aromatic carbocycles. The van der Waals surface area contributed by atoms with Gasteiger partial charge < -0.3 is 0 Å². The summed E-state index contributed by atoms with van der Waals surface area (Å²) >= 11 is 0. The molecule has 59 heavy (non-hydrogen) atoms. The van der Waals surface area contributed by atoms with Crippen molar-refractivity contribution >= 4 is 86.6 Å². The van der Waals surface area contributed by atoms with Gasteiger partial charge in [-0.15, -0.1) is 0 Å². The van der Waals surface area contributed by atoms with Gasteiger partial charge in [0, 0.05) is 33.8 Å². The Kier molecular flexibility index (Phi) is 6.72. The maximum Gasteiger partial charge on any atom is 0.145 e. The molecule has 0 atom stereocenters. The first-order valence-electron chi connectivity index (χ1n) is 20.2. The minimum Gasteiger partial charge on any atom is -0.292 e. The minimum absolute atomic E-state index is 0.921. The predicted molar refractivity (Wildman–Crippen MR) is 249 cm³/mol. The third kappa shape index (κ3) is 4.76. The molecule has 13 aromatic rings. The van der Waals surface area contributed by atoms with E-state index in [0.29, 0.717) is 0 Å².